The Labute approximate surface area is 124 Å². The molecule has 0 amide bonds. The largest absolute Gasteiger partial charge is 0.379 e. The summed E-state index contributed by atoms with van der Waals surface area (Å²) in [7, 11) is -3.77. The maximum absolute atomic E-state index is 12.2. The van der Waals surface area contributed by atoms with E-state index >= 15 is 0 Å². The van der Waals surface area contributed by atoms with Crippen LogP contribution in [0, 0.1) is 17.0 Å². The average molecular weight is 315 g/mol. The summed E-state index contributed by atoms with van der Waals surface area (Å²) < 4.78 is 26.9. The average Bonchev–Trinajstić information content (AvgIpc) is 2.33. The van der Waals surface area contributed by atoms with Gasteiger partial charge in [-0.15, -0.1) is 0 Å². The third-order valence-electron chi connectivity index (χ3n) is 2.74. The van der Waals surface area contributed by atoms with Gasteiger partial charge in [0.05, 0.1) is 9.82 Å². The summed E-state index contributed by atoms with van der Waals surface area (Å²) in [5.74, 6) is 0. The quantitative estimate of drug-likeness (QED) is 0.594. The van der Waals surface area contributed by atoms with Gasteiger partial charge in [-0.3, -0.25) is 10.1 Å². The van der Waals surface area contributed by atoms with E-state index in [1.165, 1.54) is 6.07 Å². The van der Waals surface area contributed by atoms with E-state index in [1.54, 1.807) is 20.8 Å². The predicted molar refractivity (Wildman–Crippen MR) is 82.1 cm³/mol. The standard InChI is InChI=1S/C13H21N3O4S/c1-5-6-14-11-7-10(4)13(8-12(11)16(17)18)21(19,20)15-9(2)3/h7-9,14-15H,5-6H2,1-4H3. The van der Waals surface area contributed by atoms with Gasteiger partial charge in [0.1, 0.15) is 5.69 Å². The fourth-order valence-electron chi connectivity index (χ4n) is 1.89. The molecule has 8 heteroatoms. The highest BCUT2D eigenvalue weighted by atomic mass is 32.2. The summed E-state index contributed by atoms with van der Waals surface area (Å²) in [6.07, 6.45) is 0.811. The second kappa shape index (κ2) is 6.86. The van der Waals surface area contributed by atoms with Crippen LogP contribution in [-0.4, -0.2) is 25.9 Å². The minimum absolute atomic E-state index is 0.0649. The fraction of sp³-hybridized carbons (Fsp3) is 0.538. The van der Waals surface area contributed by atoms with Gasteiger partial charge in [-0.1, -0.05) is 6.92 Å². The van der Waals surface area contributed by atoms with Crippen molar-refractivity contribution in [2.75, 3.05) is 11.9 Å². The van der Waals surface area contributed by atoms with Gasteiger partial charge in [0, 0.05) is 18.7 Å². The van der Waals surface area contributed by atoms with Gasteiger partial charge in [0.25, 0.3) is 5.69 Å². The molecule has 0 saturated heterocycles. The van der Waals surface area contributed by atoms with Crippen molar-refractivity contribution in [3.8, 4) is 0 Å². The Hall–Kier alpha value is -1.67. The number of anilines is 1. The van der Waals surface area contributed by atoms with Gasteiger partial charge < -0.3 is 5.32 Å². The second-order valence-corrected chi connectivity index (χ2v) is 6.78. The SMILES string of the molecule is CCCNc1cc(C)c(S(=O)(=O)NC(C)C)cc1[N+](=O)[O-]. The van der Waals surface area contributed by atoms with Crippen LogP contribution in [0.4, 0.5) is 11.4 Å². The number of hydrogen-bond acceptors (Lipinski definition) is 5. The maximum Gasteiger partial charge on any atom is 0.293 e. The number of benzene rings is 1. The molecule has 2 N–H and O–H groups in total. The predicted octanol–water partition coefficient (Wildman–Crippen LogP) is 2.41. The highest BCUT2D eigenvalue weighted by Gasteiger charge is 2.24. The van der Waals surface area contributed by atoms with E-state index in [1.807, 2.05) is 6.92 Å². The molecule has 1 aromatic carbocycles. The van der Waals surface area contributed by atoms with Gasteiger partial charge in [-0.2, -0.15) is 0 Å². The third kappa shape index (κ3) is 4.40. The zero-order chi connectivity index (χ0) is 16.2. The van der Waals surface area contributed by atoms with Crippen molar-refractivity contribution in [1.82, 2.24) is 4.72 Å². The van der Waals surface area contributed by atoms with Gasteiger partial charge in [-0.05, 0) is 38.8 Å². The zero-order valence-corrected chi connectivity index (χ0v) is 13.5. The van der Waals surface area contributed by atoms with Crippen LogP contribution in [0.2, 0.25) is 0 Å². The van der Waals surface area contributed by atoms with E-state index in [0.717, 1.165) is 12.5 Å². The molecule has 0 heterocycles. The lowest BCUT2D eigenvalue weighted by Gasteiger charge is -2.14. The molecule has 0 aliphatic carbocycles. The van der Waals surface area contributed by atoms with Gasteiger partial charge >= 0.3 is 0 Å². The number of aryl methyl sites for hydroxylation is 1. The van der Waals surface area contributed by atoms with Crippen molar-refractivity contribution >= 4 is 21.4 Å². The Balaban J connectivity index is 3.37. The van der Waals surface area contributed by atoms with Crippen molar-refractivity contribution in [3.63, 3.8) is 0 Å². The third-order valence-corrected chi connectivity index (χ3v) is 4.54. The van der Waals surface area contributed by atoms with E-state index in [9.17, 15) is 18.5 Å². The number of nitro benzene ring substituents is 1. The van der Waals surface area contributed by atoms with E-state index in [2.05, 4.69) is 10.0 Å². The van der Waals surface area contributed by atoms with Crippen molar-refractivity contribution in [3.05, 3.63) is 27.8 Å². The molecule has 0 bridgehead atoms. The number of sulfonamides is 1. The Bertz CT molecular complexity index is 627. The van der Waals surface area contributed by atoms with E-state index in [0.29, 0.717) is 17.8 Å². The molecule has 0 spiro atoms. The van der Waals surface area contributed by atoms with Crippen molar-refractivity contribution < 1.29 is 13.3 Å². The lowest BCUT2D eigenvalue weighted by atomic mass is 10.2. The van der Waals surface area contributed by atoms with Crippen LogP contribution in [0.5, 0.6) is 0 Å². The summed E-state index contributed by atoms with van der Waals surface area (Å²) in [5, 5.41) is 14.1. The van der Waals surface area contributed by atoms with Crippen LogP contribution in [-0.2, 0) is 10.0 Å². The molecule has 0 saturated carbocycles. The van der Waals surface area contributed by atoms with Gasteiger partial charge in [0.15, 0.2) is 0 Å². The lowest BCUT2D eigenvalue weighted by Crippen LogP contribution is -2.30. The first kappa shape index (κ1) is 17.4. The molecular formula is C13H21N3O4S. The zero-order valence-electron chi connectivity index (χ0n) is 12.6. The molecule has 0 aromatic heterocycles. The van der Waals surface area contributed by atoms with E-state index in [-0.39, 0.29) is 16.6 Å². The first-order valence-corrected chi connectivity index (χ1v) is 8.22. The number of nitrogens with one attached hydrogen (secondary N) is 2. The Morgan fingerprint density at radius 2 is 1.95 bits per heavy atom. The van der Waals surface area contributed by atoms with Gasteiger partial charge in [0.2, 0.25) is 10.0 Å². The molecular weight excluding hydrogens is 294 g/mol. The molecule has 0 atom stereocenters. The Morgan fingerprint density at radius 3 is 2.43 bits per heavy atom. The topological polar surface area (TPSA) is 101 Å². The van der Waals surface area contributed by atoms with Crippen LogP contribution in [0.1, 0.15) is 32.8 Å². The van der Waals surface area contributed by atoms with Crippen LogP contribution in [0.15, 0.2) is 17.0 Å². The Morgan fingerprint density at radius 1 is 1.33 bits per heavy atom. The molecule has 0 fully saturated rings. The first-order chi connectivity index (χ1) is 9.69. The molecule has 0 aliphatic heterocycles. The minimum Gasteiger partial charge on any atom is -0.379 e. The van der Waals surface area contributed by atoms with Crippen LogP contribution in [0.25, 0.3) is 0 Å². The van der Waals surface area contributed by atoms with Crippen molar-refractivity contribution in [2.24, 2.45) is 0 Å². The molecule has 118 valence electrons. The molecule has 0 aliphatic rings. The molecule has 1 rings (SSSR count). The fourth-order valence-corrected chi connectivity index (χ4v) is 3.39. The summed E-state index contributed by atoms with van der Waals surface area (Å²) in [5.41, 5.74) is 0.563. The van der Waals surface area contributed by atoms with E-state index < -0.39 is 14.9 Å². The van der Waals surface area contributed by atoms with Crippen molar-refractivity contribution in [2.45, 2.75) is 45.1 Å². The number of nitro groups is 1. The summed E-state index contributed by atoms with van der Waals surface area (Å²) in [6, 6.07) is 2.33. The monoisotopic (exact) mass is 315 g/mol. The van der Waals surface area contributed by atoms with Crippen LogP contribution in [0.3, 0.4) is 0 Å². The summed E-state index contributed by atoms with van der Waals surface area (Å²) >= 11 is 0. The molecule has 0 radical (unpaired) electrons. The molecule has 21 heavy (non-hydrogen) atoms. The molecule has 7 nitrogen and oxygen atoms in total. The normalized spacial score (nSPS) is 11.7. The van der Waals surface area contributed by atoms with Crippen molar-refractivity contribution in [1.29, 1.82) is 0 Å². The number of nitrogens with zero attached hydrogens (tertiary/aromatic N) is 1. The second-order valence-electron chi connectivity index (χ2n) is 5.09. The van der Waals surface area contributed by atoms with E-state index in [4.69, 9.17) is 0 Å². The number of hydrogen-bond donors (Lipinski definition) is 2. The molecule has 0 unspecified atom stereocenters. The minimum atomic E-state index is -3.77. The van der Waals surface area contributed by atoms with Crippen LogP contribution >= 0.6 is 0 Å². The summed E-state index contributed by atoms with van der Waals surface area (Å²) in [6.45, 7) is 7.53. The smallest absolute Gasteiger partial charge is 0.293 e. The highest BCUT2D eigenvalue weighted by Crippen LogP contribution is 2.30. The highest BCUT2D eigenvalue weighted by molar-refractivity contribution is 7.89. The van der Waals surface area contributed by atoms with Crippen LogP contribution < -0.4 is 10.0 Å². The Kier molecular flexibility index (Phi) is 5.68. The van der Waals surface area contributed by atoms with Gasteiger partial charge in [-0.25, -0.2) is 13.1 Å². The maximum atomic E-state index is 12.2. The first-order valence-electron chi connectivity index (χ1n) is 6.74. The summed E-state index contributed by atoms with van der Waals surface area (Å²) in [4.78, 5) is 10.5. The number of rotatable bonds is 7. The lowest BCUT2D eigenvalue weighted by molar-refractivity contribution is -0.384. The molecule has 1 aromatic rings.